The summed E-state index contributed by atoms with van der Waals surface area (Å²) < 4.78 is 26.6. The molecule has 0 atom stereocenters. The van der Waals surface area contributed by atoms with Crippen LogP contribution in [0.2, 0.25) is 0 Å². The molecule has 0 N–H and O–H groups in total. The van der Waals surface area contributed by atoms with E-state index in [-0.39, 0.29) is 11.8 Å². The third kappa shape index (κ3) is 2.75. The zero-order valence-corrected chi connectivity index (χ0v) is 10.7. The van der Waals surface area contributed by atoms with Crippen molar-refractivity contribution in [1.82, 2.24) is 4.90 Å². The number of methoxy groups -OCH3 is 1. The number of piperidine rings is 1. The second kappa shape index (κ2) is 5.66. The highest BCUT2D eigenvalue weighted by molar-refractivity contribution is 7.54. The number of amides is 1. The quantitative estimate of drug-likeness (QED) is 0.714. The first-order valence-corrected chi connectivity index (χ1v) is 6.72. The maximum absolute atomic E-state index is 12.1. The Hall–Kier alpha value is -0.580. The number of nitrogens with zero attached hydrogens (tertiary/aromatic N) is 1. The average Bonchev–Trinajstić information content (AvgIpc) is 2.37. The van der Waals surface area contributed by atoms with Gasteiger partial charge in [0, 0.05) is 27.3 Å². The van der Waals surface area contributed by atoms with Crippen molar-refractivity contribution in [2.75, 3.05) is 34.4 Å². The zero-order chi connectivity index (χ0) is 12.2. The van der Waals surface area contributed by atoms with Crippen molar-refractivity contribution in [3.63, 3.8) is 0 Å². The third-order valence-electron chi connectivity index (χ3n) is 2.85. The molecule has 1 fully saturated rings. The molecule has 94 valence electrons. The zero-order valence-electron chi connectivity index (χ0n) is 9.84. The molecule has 1 heterocycles. The molecule has 1 saturated heterocycles. The molecular formula is C9H18NO5P. The third-order valence-corrected chi connectivity index (χ3v) is 5.28. The summed E-state index contributed by atoms with van der Waals surface area (Å²) in [5.74, 6) is 0. The van der Waals surface area contributed by atoms with Crippen molar-refractivity contribution in [3.05, 3.63) is 0 Å². The summed E-state index contributed by atoms with van der Waals surface area (Å²) in [6.07, 6.45) is 0.866. The molecule has 7 heteroatoms. The lowest BCUT2D eigenvalue weighted by Crippen LogP contribution is -2.40. The van der Waals surface area contributed by atoms with Crippen molar-refractivity contribution < 1.29 is 23.1 Å². The number of hydrogen-bond donors (Lipinski definition) is 0. The van der Waals surface area contributed by atoms with Crippen LogP contribution >= 0.6 is 7.60 Å². The second-order valence-electron chi connectivity index (χ2n) is 3.59. The second-order valence-corrected chi connectivity index (χ2v) is 6.13. The van der Waals surface area contributed by atoms with Crippen LogP contribution in [0.15, 0.2) is 0 Å². The van der Waals surface area contributed by atoms with Crippen LogP contribution < -0.4 is 0 Å². The van der Waals surface area contributed by atoms with Crippen molar-refractivity contribution in [2.24, 2.45) is 0 Å². The minimum Gasteiger partial charge on any atom is -0.453 e. The molecule has 0 aromatic carbocycles. The summed E-state index contributed by atoms with van der Waals surface area (Å²) in [4.78, 5) is 12.8. The summed E-state index contributed by atoms with van der Waals surface area (Å²) >= 11 is 0. The molecular weight excluding hydrogens is 233 g/mol. The van der Waals surface area contributed by atoms with Crippen LogP contribution in [0.1, 0.15) is 12.8 Å². The van der Waals surface area contributed by atoms with Crippen LogP contribution in [0.4, 0.5) is 4.79 Å². The van der Waals surface area contributed by atoms with Gasteiger partial charge in [-0.25, -0.2) is 4.79 Å². The highest BCUT2D eigenvalue weighted by atomic mass is 31.2. The predicted molar refractivity (Wildman–Crippen MR) is 58.6 cm³/mol. The van der Waals surface area contributed by atoms with Gasteiger partial charge in [0.05, 0.1) is 12.8 Å². The molecule has 1 aliphatic rings. The van der Waals surface area contributed by atoms with E-state index in [1.807, 2.05) is 0 Å². The number of carbonyl (C=O) groups excluding carboxylic acids is 1. The lowest BCUT2D eigenvalue weighted by molar-refractivity contribution is 0.113. The fraction of sp³-hybridized carbons (Fsp3) is 0.889. The van der Waals surface area contributed by atoms with Gasteiger partial charge in [0.25, 0.3) is 0 Å². The van der Waals surface area contributed by atoms with Gasteiger partial charge in [-0.15, -0.1) is 0 Å². The first-order chi connectivity index (χ1) is 7.57. The maximum atomic E-state index is 12.1. The predicted octanol–water partition coefficient (Wildman–Crippen LogP) is 1.70. The Morgan fingerprint density at radius 2 is 1.69 bits per heavy atom. The summed E-state index contributed by atoms with van der Waals surface area (Å²) in [6, 6.07) is 0. The van der Waals surface area contributed by atoms with Gasteiger partial charge < -0.3 is 18.7 Å². The highest BCUT2D eigenvalue weighted by Crippen LogP contribution is 2.54. The largest absolute Gasteiger partial charge is 0.453 e. The Kier molecular flexibility index (Phi) is 4.77. The molecule has 6 nitrogen and oxygen atoms in total. The molecule has 0 bridgehead atoms. The van der Waals surface area contributed by atoms with Crippen LogP contribution in [0.3, 0.4) is 0 Å². The van der Waals surface area contributed by atoms with E-state index >= 15 is 0 Å². The molecule has 16 heavy (non-hydrogen) atoms. The molecule has 0 radical (unpaired) electrons. The fourth-order valence-corrected chi connectivity index (χ4v) is 3.48. The normalized spacial score (nSPS) is 18.6. The van der Waals surface area contributed by atoms with Crippen molar-refractivity contribution in [2.45, 2.75) is 18.5 Å². The van der Waals surface area contributed by atoms with Crippen LogP contribution in [0, 0.1) is 0 Å². The molecule has 0 aromatic rings. The fourth-order valence-electron chi connectivity index (χ4n) is 1.87. The maximum Gasteiger partial charge on any atom is 0.409 e. The Morgan fingerprint density at radius 1 is 1.19 bits per heavy atom. The lowest BCUT2D eigenvalue weighted by Gasteiger charge is -2.33. The van der Waals surface area contributed by atoms with Gasteiger partial charge in [0.2, 0.25) is 0 Å². The van der Waals surface area contributed by atoms with E-state index in [2.05, 4.69) is 4.74 Å². The Balaban J connectivity index is 2.55. The summed E-state index contributed by atoms with van der Waals surface area (Å²) in [6.45, 7) is 1.04. The van der Waals surface area contributed by atoms with Gasteiger partial charge in [-0.3, -0.25) is 4.57 Å². The van der Waals surface area contributed by atoms with E-state index in [0.717, 1.165) is 0 Å². The van der Waals surface area contributed by atoms with E-state index in [9.17, 15) is 9.36 Å². The summed E-state index contributed by atoms with van der Waals surface area (Å²) in [7, 11) is 1.12. The minimum atomic E-state index is -3.00. The van der Waals surface area contributed by atoms with E-state index in [4.69, 9.17) is 9.05 Å². The van der Waals surface area contributed by atoms with E-state index in [1.54, 1.807) is 4.90 Å². The van der Waals surface area contributed by atoms with Crippen molar-refractivity contribution in [3.8, 4) is 0 Å². The summed E-state index contributed by atoms with van der Waals surface area (Å²) in [5, 5.41) is 0. The smallest absolute Gasteiger partial charge is 0.409 e. The first-order valence-electron chi connectivity index (χ1n) is 5.11. The Labute approximate surface area is 95.4 Å². The number of hydrogen-bond acceptors (Lipinski definition) is 5. The molecule has 1 amide bonds. The highest BCUT2D eigenvalue weighted by Gasteiger charge is 2.37. The molecule has 1 rings (SSSR count). The molecule has 0 aromatic heterocycles. The average molecular weight is 251 g/mol. The van der Waals surface area contributed by atoms with Gasteiger partial charge in [-0.2, -0.15) is 0 Å². The standard InChI is InChI=1S/C9H18NO5P/c1-13-9(11)10-6-4-8(5-7-10)16(12,14-2)15-3/h8H,4-7H2,1-3H3. The monoisotopic (exact) mass is 251 g/mol. The summed E-state index contributed by atoms with van der Waals surface area (Å²) in [5.41, 5.74) is -0.136. The Morgan fingerprint density at radius 3 is 2.06 bits per heavy atom. The van der Waals surface area contributed by atoms with E-state index in [1.165, 1.54) is 21.3 Å². The van der Waals surface area contributed by atoms with Gasteiger partial charge in [0.1, 0.15) is 0 Å². The molecule has 0 unspecified atom stereocenters. The molecule has 1 aliphatic heterocycles. The van der Waals surface area contributed by atoms with Crippen LogP contribution in [-0.4, -0.2) is 51.1 Å². The van der Waals surface area contributed by atoms with Gasteiger partial charge in [-0.1, -0.05) is 0 Å². The van der Waals surface area contributed by atoms with Crippen LogP contribution in [0.25, 0.3) is 0 Å². The first kappa shape index (κ1) is 13.5. The van der Waals surface area contributed by atoms with Crippen molar-refractivity contribution >= 4 is 13.7 Å². The molecule has 0 saturated carbocycles. The Bertz CT molecular complexity index is 280. The topological polar surface area (TPSA) is 65.1 Å². The lowest BCUT2D eigenvalue weighted by atomic mass is 10.1. The number of carbonyl (C=O) groups is 1. The van der Waals surface area contributed by atoms with Gasteiger partial charge in [-0.05, 0) is 12.8 Å². The number of ether oxygens (including phenoxy) is 1. The molecule has 0 aliphatic carbocycles. The van der Waals surface area contributed by atoms with Crippen LogP contribution in [0.5, 0.6) is 0 Å². The number of likely N-dealkylation sites (tertiary alicyclic amines) is 1. The van der Waals surface area contributed by atoms with Crippen molar-refractivity contribution in [1.29, 1.82) is 0 Å². The van der Waals surface area contributed by atoms with E-state index in [0.29, 0.717) is 25.9 Å². The van der Waals surface area contributed by atoms with Gasteiger partial charge >= 0.3 is 13.7 Å². The SMILES string of the molecule is COC(=O)N1CCC(P(=O)(OC)OC)CC1. The van der Waals surface area contributed by atoms with E-state index < -0.39 is 7.60 Å². The van der Waals surface area contributed by atoms with Gasteiger partial charge in [0.15, 0.2) is 0 Å². The van der Waals surface area contributed by atoms with Crippen LogP contribution in [-0.2, 0) is 18.3 Å². The minimum absolute atomic E-state index is 0.136. The number of rotatable bonds is 3. The molecule has 0 spiro atoms.